The molecule has 0 saturated carbocycles. The van der Waals surface area contributed by atoms with E-state index in [2.05, 4.69) is 24.0 Å². The van der Waals surface area contributed by atoms with Gasteiger partial charge in [-0.1, -0.05) is 13.8 Å². The van der Waals surface area contributed by atoms with Crippen molar-refractivity contribution in [2.75, 3.05) is 47.4 Å². The van der Waals surface area contributed by atoms with Gasteiger partial charge in [-0.05, 0) is 87.4 Å². The molecule has 36 heavy (non-hydrogen) atoms. The highest BCUT2D eigenvalue weighted by Crippen LogP contribution is 2.37. The van der Waals surface area contributed by atoms with E-state index in [9.17, 15) is 8.42 Å². The maximum Gasteiger partial charge on any atom is 0.254 e. The van der Waals surface area contributed by atoms with E-state index in [0.717, 1.165) is 11.1 Å². The minimum Gasteiger partial charge on any atom is -0.497 e. The van der Waals surface area contributed by atoms with Crippen molar-refractivity contribution in [2.45, 2.75) is 38.3 Å². The molecule has 0 aliphatic heterocycles. The number of rotatable bonds is 12. The van der Waals surface area contributed by atoms with Gasteiger partial charge < -0.3 is 19.1 Å². The summed E-state index contributed by atoms with van der Waals surface area (Å²) in [5, 5.41) is 8.47. The van der Waals surface area contributed by atoms with Gasteiger partial charge in [-0.3, -0.25) is 4.57 Å². The molecular formula is C26H36N4O5S. The fraction of sp³-hybridized carbons (Fsp3) is 0.462. The average Bonchev–Trinajstić information content (AvgIpc) is 3.28. The van der Waals surface area contributed by atoms with Crippen LogP contribution in [-0.2, 0) is 14.6 Å². The van der Waals surface area contributed by atoms with E-state index in [0.29, 0.717) is 41.5 Å². The molecule has 196 valence electrons. The summed E-state index contributed by atoms with van der Waals surface area (Å²) in [4.78, 5) is 1.95. The maximum absolute atomic E-state index is 13.4. The average molecular weight is 517 g/mol. The Morgan fingerprint density at radius 3 is 2.33 bits per heavy atom. The van der Waals surface area contributed by atoms with Gasteiger partial charge in [0.25, 0.3) is 5.16 Å². The van der Waals surface area contributed by atoms with Crippen LogP contribution < -0.4 is 9.47 Å². The Labute approximate surface area is 213 Å². The fourth-order valence-electron chi connectivity index (χ4n) is 4.01. The van der Waals surface area contributed by atoms with Gasteiger partial charge in [-0.2, -0.15) is 0 Å². The molecule has 2 aromatic carbocycles. The molecule has 10 heteroatoms. The van der Waals surface area contributed by atoms with Crippen molar-refractivity contribution in [3.05, 3.63) is 47.5 Å². The number of aromatic nitrogens is 3. The lowest BCUT2D eigenvalue weighted by molar-refractivity contribution is 0.0514. The zero-order chi connectivity index (χ0) is 26.5. The third-order valence-electron chi connectivity index (χ3n) is 5.82. The Morgan fingerprint density at radius 1 is 1.06 bits per heavy atom. The molecule has 0 radical (unpaired) electrons. The lowest BCUT2D eigenvalue weighted by atomic mass is 9.95. The van der Waals surface area contributed by atoms with Crippen LogP contribution in [0.4, 0.5) is 0 Å². The normalized spacial score (nSPS) is 11.9. The first kappa shape index (κ1) is 27.6. The molecule has 0 unspecified atom stereocenters. The fourth-order valence-corrected chi connectivity index (χ4v) is 5.34. The number of benzene rings is 2. The standard InChI is InChI=1S/C26H36N4O5S/c1-18(2)22-16-23(24(15-19(22)3)35-17-33-6)25-27-28-26(36(31,32)14-8-13-29(4)5)30(25)20-9-11-21(34-7)12-10-20/h9-12,15-16,18H,8,13-14,17H2,1-7H3. The molecule has 0 fully saturated rings. The van der Waals surface area contributed by atoms with Gasteiger partial charge in [0.05, 0.1) is 24.1 Å². The van der Waals surface area contributed by atoms with Gasteiger partial charge in [-0.15, -0.1) is 10.2 Å². The number of hydrogen-bond donors (Lipinski definition) is 0. The summed E-state index contributed by atoms with van der Waals surface area (Å²) < 4.78 is 44.8. The van der Waals surface area contributed by atoms with Crippen LogP contribution in [0.5, 0.6) is 11.5 Å². The summed E-state index contributed by atoms with van der Waals surface area (Å²) in [6, 6.07) is 11.1. The molecule has 3 aromatic rings. The third-order valence-corrected chi connectivity index (χ3v) is 7.47. The van der Waals surface area contributed by atoms with Crippen LogP contribution in [0.3, 0.4) is 0 Å². The number of aryl methyl sites for hydroxylation is 1. The Hall–Kier alpha value is -2.95. The van der Waals surface area contributed by atoms with Gasteiger partial charge in [0.15, 0.2) is 12.6 Å². The van der Waals surface area contributed by atoms with Crippen LogP contribution >= 0.6 is 0 Å². The zero-order valence-corrected chi connectivity index (χ0v) is 22.9. The number of hydrogen-bond acceptors (Lipinski definition) is 8. The maximum atomic E-state index is 13.4. The van der Waals surface area contributed by atoms with E-state index in [1.54, 1.807) is 43.1 Å². The molecule has 0 atom stereocenters. The van der Waals surface area contributed by atoms with Crippen molar-refractivity contribution in [3.8, 4) is 28.6 Å². The second-order valence-corrected chi connectivity index (χ2v) is 11.2. The molecule has 0 bridgehead atoms. The Balaban J connectivity index is 2.25. The highest BCUT2D eigenvalue weighted by Gasteiger charge is 2.28. The van der Waals surface area contributed by atoms with Crippen LogP contribution in [0.2, 0.25) is 0 Å². The van der Waals surface area contributed by atoms with Crippen molar-refractivity contribution in [2.24, 2.45) is 0 Å². The SMILES string of the molecule is COCOc1cc(C)c(C(C)C)cc1-c1nnc(S(=O)(=O)CCCN(C)C)n1-c1ccc(OC)cc1. The Morgan fingerprint density at radius 2 is 1.75 bits per heavy atom. The van der Waals surface area contributed by atoms with Crippen LogP contribution in [0.25, 0.3) is 17.1 Å². The summed E-state index contributed by atoms with van der Waals surface area (Å²) in [7, 11) is 3.22. The van der Waals surface area contributed by atoms with Gasteiger partial charge >= 0.3 is 0 Å². The second kappa shape index (κ2) is 11.9. The Kier molecular flexibility index (Phi) is 9.10. The lowest BCUT2D eigenvalue weighted by Crippen LogP contribution is -2.19. The van der Waals surface area contributed by atoms with Gasteiger partial charge in [0, 0.05) is 7.11 Å². The van der Waals surface area contributed by atoms with E-state index < -0.39 is 9.84 Å². The van der Waals surface area contributed by atoms with Crippen molar-refractivity contribution >= 4 is 9.84 Å². The van der Waals surface area contributed by atoms with E-state index >= 15 is 0 Å². The van der Waals surface area contributed by atoms with Crippen LogP contribution in [0.1, 0.15) is 37.3 Å². The van der Waals surface area contributed by atoms with Crippen LogP contribution in [-0.4, -0.2) is 75.5 Å². The smallest absolute Gasteiger partial charge is 0.254 e. The molecule has 9 nitrogen and oxygen atoms in total. The minimum absolute atomic E-state index is 0.0415. The van der Waals surface area contributed by atoms with E-state index in [1.807, 2.05) is 38.1 Å². The van der Waals surface area contributed by atoms with Crippen LogP contribution in [0.15, 0.2) is 41.6 Å². The molecule has 3 rings (SSSR count). The van der Waals surface area contributed by atoms with Gasteiger partial charge in [0.1, 0.15) is 11.5 Å². The van der Waals surface area contributed by atoms with Crippen molar-refractivity contribution < 1.29 is 22.6 Å². The highest BCUT2D eigenvalue weighted by molar-refractivity contribution is 7.91. The number of ether oxygens (including phenoxy) is 3. The highest BCUT2D eigenvalue weighted by atomic mass is 32.2. The first-order chi connectivity index (χ1) is 17.1. The predicted octanol–water partition coefficient (Wildman–Crippen LogP) is 4.08. The van der Waals surface area contributed by atoms with Crippen LogP contribution in [0, 0.1) is 6.92 Å². The first-order valence-electron chi connectivity index (χ1n) is 11.8. The van der Waals surface area contributed by atoms with Crippen molar-refractivity contribution in [3.63, 3.8) is 0 Å². The summed E-state index contributed by atoms with van der Waals surface area (Å²) in [6.07, 6.45) is 0.477. The lowest BCUT2D eigenvalue weighted by Gasteiger charge is -2.18. The minimum atomic E-state index is -3.74. The molecular weight excluding hydrogens is 480 g/mol. The summed E-state index contributed by atoms with van der Waals surface area (Å²) in [6.45, 7) is 6.92. The molecule has 0 aliphatic carbocycles. The second-order valence-electron chi connectivity index (χ2n) is 9.23. The third kappa shape index (κ3) is 6.24. The predicted molar refractivity (Wildman–Crippen MR) is 140 cm³/mol. The van der Waals surface area contributed by atoms with Crippen molar-refractivity contribution in [1.82, 2.24) is 19.7 Å². The molecule has 1 heterocycles. The monoisotopic (exact) mass is 516 g/mol. The molecule has 0 saturated heterocycles. The van der Waals surface area contributed by atoms with Crippen molar-refractivity contribution in [1.29, 1.82) is 0 Å². The first-order valence-corrected chi connectivity index (χ1v) is 13.5. The van der Waals surface area contributed by atoms with E-state index in [-0.39, 0.29) is 23.6 Å². The molecule has 0 aliphatic rings. The quantitative estimate of drug-likeness (QED) is 0.332. The largest absolute Gasteiger partial charge is 0.497 e. The summed E-state index contributed by atoms with van der Waals surface area (Å²) in [5.41, 5.74) is 3.41. The summed E-state index contributed by atoms with van der Waals surface area (Å²) in [5.74, 6) is 1.77. The molecule has 0 spiro atoms. The van der Waals surface area contributed by atoms with E-state index in [1.165, 1.54) is 0 Å². The summed E-state index contributed by atoms with van der Waals surface area (Å²) >= 11 is 0. The number of sulfone groups is 1. The number of methoxy groups -OCH3 is 2. The zero-order valence-electron chi connectivity index (χ0n) is 22.1. The molecule has 0 N–H and O–H groups in total. The van der Waals surface area contributed by atoms with Gasteiger partial charge in [0.2, 0.25) is 9.84 Å². The Bertz CT molecular complexity index is 1270. The molecule has 0 amide bonds. The van der Waals surface area contributed by atoms with E-state index in [4.69, 9.17) is 14.2 Å². The topological polar surface area (TPSA) is 95.8 Å². The molecule has 1 aromatic heterocycles. The number of nitrogens with zero attached hydrogens (tertiary/aromatic N) is 4. The van der Waals surface area contributed by atoms with Gasteiger partial charge in [-0.25, -0.2) is 8.42 Å².